The maximum atomic E-state index is 13.2. The molecule has 0 saturated carbocycles. The summed E-state index contributed by atoms with van der Waals surface area (Å²) in [5.74, 6) is 0.0820. The van der Waals surface area contributed by atoms with Crippen LogP contribution in [0.5, 0.6) is 0 Å². The SMILES string of the molecule is O=C(c1ccccc1-n1cncn1)N1CCC(N2CCc3ccccc3C2)CC1. The van der Waals surface area contributed by atoms with E-state index in [-0.39, 0.29) is 5.91 Å². The Morgan fingerprint density at radius 3 is 2.48 bits per heavy atom. The molecule has 29 heavy (non-hydrogen) atoms. The van der Waals surface area contributed by atoms with Crippen molar-refractivity contribution in [2.45, 2.75) is 31.8 Å². The monoisotopic (exact) mass is 387 g/mol. The lowest BCUT2D eigenvalue weighted by Crippen LogP contribution is -2.48. The van der Waals surface area contributed by atoms with E-state index >= 15 is 0 Å². The molecule has 2 aliphatic rings. The molecule has 0 spiro atoms. The zero-order valence-electron chi connectivity index (χ0n) is 16.4. The van der Waals surface area contributed by atoms with E-state index in [0.29, 0.717) is 11.6 Å². The second-order valence-electron chi connectivity index (χ2n) is 7.87. The largest absolute Gasteiger partial charge is 0.338 e. The second-order valence-corrected chi connectivity index (χ2v) is 7.87. The maximum absolute atomic E-state index is 13.2. The van der Waals surface area contributed by atoms with Gasteiger partial charge in [-0.05, 0) is 42.5 Å². The first-order valence-electron chi connectivity index (χ1n) is 10.3. The van der Waals surface area contributed by atoms with Crippen LogP contribution in [0, 0.1) is 0 Å². The van der Waals surface area contributed by atoms with Gasteiger partial charge < -0.3 is 4.90 Å². The topological polar surface area (TPSA) is 54.3 Å². The Hall–Kier alpha value is -2.99. The van der Waals surface area contributed by atoms with Crippen molar-refractivity contribution in [2.24, 2.45) is 0 Å². The first-order chi connectivity index (χ1) is 14.3. The first-order valence-corrected chi connectivity index (χ1v) is 10.3. The fraction of sp³-hybridized carbons (Fsp3) is 0.348. The molecular formula is C23H25N5O. The number of hydrogen-bond acceptors (Lipinski definition) is 4. The van der Waals surface area contributed by atoms with Gasteiger partial charge in [0.25, 0.3) is 5.91 Å². The number of likely N-dealkylation sites (tertiary alicyclic amines) is 1. The summed E-state index contributed by atoms with van der Waals surface area (Å²) < 4.78 is 1.66. The van der Waals surface area contributed by atoms with Gasteiger partial charge in [0.15, 0.2) is 0 Å². The smallest absolute Gasteiger partial charge is 0.256 e. The molecule has 0 unspecified atom stereocenters. The number of piperidine rings is 1. The van der Waals surface area contributed by atoms with Crippen LogP contribution >= 0.6 is 0 Å². The molecule has 0 radical (unpaired) electrons. The van der Waals surface area contributed by atoms with Gasteiger partial charge in [0.05, 0.1) is 11.3 Å². The highest BCUT2D eigenvalue weighted by molar-refractivity contribution is 5.97. The van der Waals surface area contributed by atoms with E-state index in [1.807, 2.05) is 29.2 Å². The van der Waals surface area contributed by atoms with E-state index in [1.54, 1.807) is 11.0 Å². The van der Waals surface area contributed by atoms with Gasteiger partial charge in [0.1, 0.15) is 12.7 Å². The molecule has 1 amide bonds. The third-order valence-electron chi connectivity index (χ3n) is 6.23. The second kappa shape index (κ2) is 7.79. The third-order valence-corrected chi connectivity index (χ3v) is 6.23. The molecule has 5 rings (SSSR count). The summed E-state index contributed by atoms with van der Waals surface area (Å²) in [4.78, 5) is 21.8. The highest BCUT2D eigenvalue weighted by atomic mass is 16.2. The van der Waals surface area contributed by atoms with Crippen molar-refractivity contribution in [3.63, 3.8) is 0 Å². The molecule has 3 aromatic rings. The number of nitrogens with zero attached hydrogens (tertiary/aromatic N) is 5. The summed E-state index contributed by atoms with van der Waals surface area (Å²) in [6.07, 6.45) is 6.30. The number of fused-ring (bicyclic) bond motifs is 1. The first kappa shape index (κ1) is 18.1. The van der Waals surface area contributed by atoms with Crippen molar-refractivity contribution in [1.29, 1.82) is 0 Å². The minimum atomic E-state index is 0.0820. The van der Waals surface area contributed by atoms with Crippen LogP contribution in [-0.2, 0) is 13.0 Å². The Bertz CT molecular complexity index is 992. The molecule has 0 aliphatic carbocycles. The Morgan fingerprint density at radius 1 is 0.931 bits per heavy atom. The van der Waals surface area contributed by atoms with E-state index < -0.39 is 0 Å². The normalized spacial score (nSPS) is 17.9. The molecule has 148 valence electrons. The van der Waals surface area contributed by atoms with Crippen LogP contribution in [0.25, 0.3) is 5.69 Å². The summed E-state index contributed by atoms with van der Waals surface area (Å²) in [6, 6.07) is 17.0. The van der Waals surface area contributed by atoms with Crippen molar-refractivity contribution >= 4 is 5.91 Å². The van der Waals surface area contributed by atoms with Crippen molar-refractivity contribution in [3.8, 4) is 5.69 Å². The summed E-state index contributed by atoms with van der Waals surface area (Å²) in [5.41, 5.74) is 4.41. The fourth-order valence-corrected chi connectivity index (χ4v) is 4.62. The number of amides is 1. The van der Waals surface area contributed by atoms with E-state index in [1.165, 1.54) is 17.5 Å². The molecule has 0 bridgehead atoms. The van der Waals surface area contributed by atoms with Crippen molar-refractivity contribution in [1.82, 2.24) is 24.6 Å². The van der Waals surface area contributed by atoms with Crippen LogP contribution in [0.3, 0.4) is 0 Å². The van der Waals surface area contributed by atoms with E-state index in [4.69, 9.17) is 0 Å². The maximum Gasteiger partial charge on any atom is 0.256 e. The number of carbonyl (C=O) groups excluding carboxylic acids is 1. The average Bonchev–Trinajstić information content (AvgIpc) is 3.33. The number of hydrogen-bond donors (Lipinski definition) is 0. The number of carbonyl (C=O) groups is 1. The van der Waals surface area contributed by atoms with Crippen molar-refractivity contribution in [3.05, 3.63) is 77.9 Å². The molecule has 6 heteroatoms. The van der Waals surface area contributed by atoms with Crippen LogP contribution in [0.4, 0.5) is 0 Å². The summed E-state index contributed by atoms with van der Waals surface area (Å²) in [5, 5.41) is 4.19. The van der Waals surface area contributed by atoms with Crippen LogP contribution < -0.4 is 0 Å². The Morgan fingerprint density at radius 2 is 1.69 bits per heavy atom. The van der Waals surface area contributed by atoms with Gasteiger partial charge in [-0.1, -0.05) is 36.4 Å². The van der Waals surface area contributed by atoms with E-state index in [0.717, 1.165) is 51.1 Å². The van der Waals surface area contributed by atoms with Crippen LogP contribution in [0.15, 0.2) is 61.2 Å². The minimum Gasteiger partial charge on any atom is -0.338 e. The van der Waals surface area contributed by atoms with Crippen molar-refractivity contribution in [2.75, 3.05) is 19.6 Å². The molecule has 6 nitrogen and oxygen atoms in total. The lowest BCUT2D eigenvalue weighted by Gasteiger charge is -2.40. The Balaban J connectivity index is 1.26. The Kier molecular flexibility index (Phi) is 4.86. The number of benzene rings is 2. The van der Waals surface area contributed by atoms with Gasteiger partial charge in [-0.15, -0.1) is 0 Å². The van der Waals surface area contributed by atoms with Gasteiger partial charge in [-0.3, -0.25) is 9.69 Å². The highest BCUT2D eigenvalue weighted by Gasteiger charge is 2.30. The molecule has 1 saturated heterocycles. The summed E-state index contributed by atoms with van der Waals surface area (Å²) in [6.45, 7) is 3.75. The van der Waals surface area contributed by atoms with E-state index in [9.17, 15) is 4.79 Å². The van der Waals surface area contributed by atoms with E-state index in [2.05, 4.69) is 39.2 Å². The molecular weight excluding hydrogens is 362 g/mol. The number of para-hydroxylation sites is 1. The molecule has 0 atom stereocenters. The Labute approximate surface area is 170 Å². The van der Waals surface area contributed by atoms with Gasteiger partial charge in [0, 0.05) is 32.2 Å². The average molecular weight is 387 g/mol. The fourth-order valence-electron chi connectivity index (χ4n) is 4.62. The van der Waals surface area contributed by atoms with Crippen molar-refractivity contribution < 1.29 is 4.79 Å². The predicted molar refractivity (Wildman–Crippen MR) is 111 cm³/mol. The quantitative estimate of drug-likeness (QED) is 0.693. The molecule has 1 aromatic heterocycles. The zero-order valence-corrected chi connectivity index (χ0v) is 16.4. The van der Waals surface area contributed by atoms with Crippen LogP contribution in [0.2, 0.25) is 0 Å². The van der Waals surface area contributed by atoms with Gasteiger partial charge in [-0.25, -0.2) is 9.67 Å². The van der Waals surface area contributed by atoms with Gasteiger partial charge in [-0.2, -0.15) is 5.10 Å². The molecule has 3 heterocycles. The molecule has 0 N–H and O–H groups in total. The minimum absolute atomic E-state index is 0.0820. The zero-order chi connectivity index (χ0) is 19.6. The molecule has 2 aliphatic heterocycles. The summed E-state index contributed by atoms with van der Waals surface area (Å²) >= 11 is 0. The van der Waals surface area contributed by atoms with Crippen LogP contribution in [0.1, 0.15) is 34.3 Å². The summed E-state index contributed by atoms with van der Waals surface area (Å²) in [7, 11) is 0. The molecule has 2 aromatic carbocycles. The van der Waals surface area contributed by atoms with Gasteiger partial charge >= 0.3 is 0 Å². The lowest BCUT2D eigenvalue weighted by molar-refractivity contribution is 0.0599. The number of aromatic nitrogens is 3. The standard InChI is InChI=1S/C23H25N5O/c29-23(21-7-3-4-8-22(21)28-17-24-16-25-28)26-13-10-20(11-14-26)27-12-9-18-5-1-2-6-19(18)15-27/h1-8,16-17,20H,9-15H2. The van der Waals surface area contributed by atoms with Gasteiger partial charge in [0.2, 0.25) is 0 Å². The predicted octanol–water partition coefficient (Wildman–Crippen LogP) is 2.93. The lowest BCUT2D eigenvalue weighted by atomic mass is 9.95. The number of rotatable bonds is 3. The third kappa shape index (κ3) is 3.56. The highest BCUT2D eigenvalue weighted by Crippen LogP contribution is 2.26. The molecule has 1 fully saturated rings. The van der Waals surface area contributed by atoms with Crippen LogP contribution in [-0.4, -0.2) is 56.1 Å².